The molecular formula is C18H26N2O4. The third kappa shape index (κ3) is 4.46. The standard InChI is InChI=1S/C18H26N2O4/c1-11-6-14(10-18(4,5)9-11)19-15-7-12(2)17(24-13(3)21)8-16(15)20(22)23/h7-8,11,14,19H,6,9-10H2,1-5H3/t11-,14+/m1/s1. The van der Waals surface area contributed by atoms with Crippen molar-refractivity contribution in [3.8, 4) is 5.75 Å². The van der Waals surface area contributed by atoms with E-state index >= 15 is 0 Å². The highest BCUT2D eigenvalue weighted by molar-refractivity contribution is 5.73. The van der Waals surface area contributed by atoms with Crippen molar-refractivity contribution in [3.63, 3.8) is 0 Å². The summed E-state index contributed by atoms with van der Waals surface area (Å²) in [7, 11) is 0. The maximum absolute atomic E-state index is 11.4. The Balaban J connectivity index is 2.30. The summed E-state index contributed by atoms with van der Waals surface area (Å²) in [4.78, 5) is 22.1. The molecule has 0 aliphatic heterocycles. The molecule has 24 heavy (non-hydrogen) atoms. The number of benzene rings is 1. The van der Waals surface area contributed by atoms with E-state index in [0.717, 1.165) is 19.3 Å². The van der Waals surface area contributed by atoms with Crippen molar-refractivity contribution in [3.05, 3.63) is 27.8 Å². The third-order valence-corrected chi connectivity index (χ3v) is 4.49. The topological polar surface area (TPSA) is 81.5 Å². The summed E-state index contributed by atoms with van der Waals surface area (Å²) in [6.07, 6.45) is 3.13. The van der Waals surface area contributed by atoms with E-state index < -0.39 is 10.9 Å². The van der Waals surface area contributed by atoms with Crippen molar-refractivity contribution in [1.29, 1.82) is 0 Å². The number of hydrogen-bond donors (Lipinski definition) is 1. The van der Waals surface area contributed by atoms with Crippen LogP contribution in [0.3, 0.4) is 0 Å². The highest BCUT2D eigenvalue weighted by Gasteiger charge is 2.33. The van der Waals surface area contributed by atoms with Crippen molar-refractivity contribution in [2.75, 3.05) is 5.32 Å². The molecule has 0 spiro atoms. The number of rotatable bonds is 4. The quantitative estimate of drug-likeness (QED) is 0.380. The van der Waals surface area contributed by atoms with Gasteiger partial charge in [0.1, 0.15) is 11.4 Å². The second-order valence-corrected chi connectivity index (χ2v) is 7.74. The van der Waals surface area contributed by atoms with Crippen LogP contribution in [0.1, 0.15) is 52.5 Å². The minimum absolute atomic E-state index is 0.0621. The first-order valence-corrected chi connectivity index (χ1v) is 8.31. The van der Waals surface area contributed by atoms with E-state index in [0.29, 0.717) is 17.2 Å². The van der Waals surface area contributed by atoms with Crippen LogP contribution in [0, 0.1) is 28.4 Å². The lowest BCUT2D eigenvalue weighted by Gasteiger charge is -2.39. The molecule has 1 aliphatic rings. The first-order chi connectivity index (χ1) is 11.1. The molecule has 6 heteroatoms. The van der Waals surface area contributed by atoms with E-state index in [1.165, 1.54) is 13.0 Å². The molecule has 132 valence electrons. The predicted molar refractivity (Wildman–Crippen MR) is 93.3 cm³/mol. The third-order valence-electron chi connectivity index (χ3n) is 4.49. The molecule has 0 unspecified atom stereocenters. The van der Waals surface area contributed by atoms with Crippen molar-refractivity contribution >= 4 is 17.3 Å². The van der Waals surface area contributed by atoms with Crippen molar-refractivity contribution in [2.45, 2.75) is 59.9 Å². The number of anilines is 1. The number of aryl methyl sites for hydroxylation is 1. The predicted octanol–water partition coefficient (Wildman–Crippen LogP) is 4.46. The zero-order chi connectivity index (χ0) is 18.1. The molecule has 2 rings (SSSR count). The molecule has 0 aromatic heterocycles. The summed E-state index contributed by atoms with van der Waals surface area (Å²) in [5.41, 5.74) is 1.34. The molecule has 1 aliphatic carbocycles. The Hall–Kier alpha value is -2.11. The average Bonchev–Trinajstić information content (AvgIpc) is 2.38. The van der Waals surface area contributed by atoms with Crippen LogP contribution in [0.4, 0.5) is 11.4 Å². The fourth-order valence-electron chi connectivity index (χ4n) is 3.88. The molecule has 0 amide bonds. The van der Waals surface area contributed by atoms with Crippen LogP contribution >= 0.6 is 0 Å². The number of nitro groups is 1. The molecule has 0 saturated heterocycles. The first-order valence-electron chi connectivity index (χ1n) is 8.31. The van der Waals surface area contributed by atoms with Gasteiger partial charge in [0.05, 0.1) is 11.0 Å². The summed E-state index contributed by atoms with van der Waals surface area (Å²) in [6.45, 7) is 9.75. The molecule has 0 heterocycles. The summed E-state index contributed by atoms with van der Waals surface area (Å²) in [5, 5.41) is 14.8. The number of nitro benzene ring substituents is 1. The monoisotopic (exact) mass is 334 g/mol. The zero-order valence-corrected chi connectivity index (χ0v) is 15.0. The normalized spacial score (nSPS) is 22.7. The summed E-state index contributed by atoms with van der Waals surface area (Å²) in [6, 6.07) is 3.22. The Kier molecular flexibility index (Phi) is 5.16. The molecule has 1 aromatic carbocycles. The lowest BCUT2D eigenvalue weighted by molar-refractivity contribution is -0.384. The number of ether oxygens (including phenoxy) is 1. The van der Waals surface area contributed by atoms with Crippen LogP contribution < -0.4 is 10.1 Å². The van der Waals surface area contributed by atoms with Crippen molar-refractivity contribution in [2.24, 2.45) is 11.3 Å². The summed E-state index contributed by atoms with van der Waals surface area (Å²) in [5.74, 6) is 0.319. The second-order valence-electron chi connectivity index (χ2n) is 7.74. The summed E-state index contributed by atoms with van der Waals surface area (Å²) < 4.78 is 5.06. The van der Waals surface area contributed by atoms with Gasteiger partial charge in [-0.05, 0) is 49.1 Å². The van der Waals surface area contributed by atoms with Gasteiger partial charge in [-0.3, -0.25) is 14.9 Å². The number of carbonyl (C=O) groups excluding carboxylic acids is 1. The molecule has 0 bridgehead atoms. The first kappa shape index (κ1) is 18.2. The smallest absolute Gasteiger partial charge is 0.308 e. The number of esters is 1. The van der Waals surface area contributed by atoms with E-state index in [1.54, 1.807) is 13.0 Å². The Morgan fingerprint density at radius 1 is 1.38 bits per heavy atom. The summed E-state index contributed by atoms with van der Waals surface area (Å²) >= 11 is 0. The highest BCUT2D eigenvalue weighted by atomic mass is 16.6. The maximum atomic E-state index is 11.4. The van der Waals surface area contributed by atoms with Crippen LogP contribution in [0.15, 0.2) is 12.1 Å². The van der Waals surface area contributed by atoms with Crippen LogP contribution in [0.25, 0.3) is 0 Å². The molecule has 1 saturated carbocycles. The van der Waals surface area contributed by atoms with Gasteiger partial charge in [-0.2, -0.15) is 0 Å². The molecular weight excluding hydrogens is 308 g/mol. The molecule has 2 atom stereocenters. The van der Waals surface area contributed by atoms with Gasteiger partial charge in [0.25, 0.3) is 5.69 Å². The number of nitrogens with one attached hydrogen (secondary N) is 1. The lowest BCUT2D eigenvalue weighted by atomic mass is 9.70. The lowest BCUT2D eigenvalue weighted by Crippen LogP contribution is -2.35. The largest absolute Gasteiger partial charge is 0.426 e. The fraction of sp³-hybridized carbons (Fsp3) is 0.611. The van der Waals surface area contributed by atoms with E-state index in [9.17, 15) is 14.9 Å². The van der Waals surface area contributed by atoms with E-state index in [1.807, 2.05) is 0 Å². The van der Waals surface area contributed by atoms with Gasteiger partial charge in [-0.25, -0.2) is 0 Å². The minimum atomic E-state index is -0.490. The van der Waals surface area contributed by atoms with Crippen LogP contribution in [0.2, 0.25) is 0 Å². The Morgan fingerprint density at radius 2 is 2.04 bits per heavy atom. The SMILES string of the molecule is CC(=O)Oc1cc([N+](=O)[O-])c(N[C@H]2C[C@@H](C)CC(C)(C)C2)cc1C. The van der Waals surface area contributed by atoms with Gasteiger partial charge in [0, 0.05) is 13.0 Å². The van der Waals surface area contributed by atoms with Crippen molar-refractivity contribution in [1.82, 2.24) is 0 Å². The minimum Gasteiger partial charge on any atom is -0.426 e. The molecule has 1 N–H and O–H groups in total. The van der Waals surface area contributed by atoms with E-state index in [2.05, 4.69) is 26.1 Å². The van der Waals surface area contributed by atoms with Gasteiger partial charge in [0.2, 0.25) is 0 Å². The van der Waals surface area contributed by atoms with Crippen LogP contribution in [-0.4, -0.2) is 16.9 Å². The molecule has 0 radical (unpaired) electrons. The van der Waals surface area contributed by atoms with Gasteiger partial charge >= 0.3 is 5.97 Å². The van der Waals surface area contributed by atoms with Gasteiger partial charge in [-0.15, -0.1) is 0 Å². The van der Waals surface area contributed by atoms with Crippen molar-refractivity contribution < 1.29 is 14.5 Å². The fourth-order valence-corrected chi connectivity index (χ4v) is 3.88. The molecule has 1 aromatic rings. The Morgan fingerprint density at radius 3 is 2.58 bits per heavy atom. The maximum Gasteiger partial charge on any atom is 0.308 e. The van der Waals surface area contributed by atoms with Gasteiger partial charge in [0.15, 0.2) is 0 Å². The molecule has 6 nitrogen and oxygen atoms in total. The highest BCUT2D eigenvalue weighted by Crippen LogP contribution is 2.41. The van der Waals surface area contributed by atoms with Crippen LogP contribution in [-0.2, 0) is 4.79 Å². The number of hydrogen-bond acceptors (Lipinski definition) is 5. The van der Waals surface area contributed by atoms with Gasteiger partial charge in [-0.1, -0.05) is 20.8 Å². The van der Waals surface area contributed by atoms with E-state index in [4.69, 9.17) is 4.74 Å². The average molecular weight is 334 g/mol. The number of nitrogens with zero attached hydrogens (tertiary/aromatic N) is 1. The van der Waals surface area contributed by atoms with Crippen LogP contribution in [0.5, 0.6) is 5.75 Å². The Bertz CT molecular complexity index is 655. The zero-order valence-electron chi connectivity index (χ0n) is 15.0. The number of carbonyl (C=O) groups is 1. The van der Waals surface area contributed by atoms with Gasteiger partial charge < -0.3 is 10.1 Å². The second kappa shape index (κ2) is 6.79. The van der Waals surface area contributed by atoms with E-state index in [-0.39, 0.29) is 22.9 Å². The Labute approximate surface area is 142 Å². The molecule has 1 fully saturated rings.